The number of ether oxygens (including phenoxy) is 2. The van der Waals surface area contributed by atoms with E-state index < -0.39 is 5.91 Å². The summed E-state index contributed by atoms with van der Waals surface area (Å²) in [6.45, 7) is 1.91. The van der Waals surface area contributed by atoms with Gasteiger partial charge in [-0.15, -0.1) is 11.3 Å². The van der Waals surface area contributed by atoms with Gasteiger partial charge in [-0.05, 0) is 31.2 Å². The van der Waals surface area contributed by atoms with Crippen molar-refractivity contribution in [3.63, 3.8) is 0 Å². The Hall–Kier alpha value is -3.39. The van der Waals surface area contributed by atoms with Gasteiger partial charge in [0.25, 0.3) is 5.91 Å². The van der Waals surface area contributed by atoms with Crippen LogP contribution in [0.5, 0.6) is 11.5 Å². The number of benzene rings is 1. The average Bonchev–Trinajstić information content (AvgIpc) is 3.27. The number of hydrogen-bond donors (Lipinski definition) is 1. The van der Waals surface area contributed by atoms with Crippen LogP contribution in [-0.4, -0.2) is 34.7 Å². The van der Waals surface area contributed by atoms with Crippen molar-refractivity contribution in [1.29, 1.82) is 0 Å². The van der Waals surface area contributed by atoms with Gasteiger partial charge in [0.1, 0.15) is 27.1 Å². The van der Waals surface area contributed by atoms with E-state index in [0.717, 1.165) is 16.8 Å². The molecule has 0 radical (unpaired) electrons. The number of nitrogens with two attached hydrogens (primary N) is 1. The summed E-state index contributed by atoms with van der Waals surface area (Å²) in [5.41, 5.74) is 9.31. The van der Waals surface area contributed by atoms with E-state index in [1.807, 2.05) is 37.4 Å². The van der Waals surface area contributed by atoms with Gasteiger partial charge in [0.05, 0.1) is 36.6 Å². The van der Waals surface area contributed by atoms with E-state index in [0.29, 0.717) is 32.6 Å². The second kappa shape index (κ2) is 6.97. The smallest absolute Gasteiger partial charge is 0.261 e. The number of thiazole rings is 1. The van der Waals surface area contributed by atoms with E-state index in [9.17, 15) is 4.79 Å². The number of hydrogen-bond acceptors (Lipinski definition) is 6. The predicted molar refractivity (Wildman–Crippen MR) is 108 cm³/mol. The van der Waals surface area contributed by atoms with Crippen molar-refractivity contribution in [2.24, 2.45) is 5.73 Å². The molecule has 7 nitrogen and oxygen atoms in total. The zero-order valence-corrected chi connectivity index (χ0v) is 16.4. The summed E-state index contributed by atoms with van der Waals surface area (Å²) < 4.78 is 12.8. The maximum absolute atomic E-state index is 12.2. The van der Waals surface area contributed by atoms with E-state index in [1.54, 1.807) is 30.9 Å². The quantitative estimate of drug-likeness (QED) is 0.559. The summed E-state index contributed by atoms with van der Waals surface area (Å²) in [7, 11) is 3.12. The molecule has 3 heterocycles. The monoisotopic (exact) mass is 394 g/mol. The largest absolute Gasteiger partial charge is 0.496 e. The molecule has 142 valence electrons. The molecule has 0 spiro atoms. The van der Waals surface area contributed by atoms with Crippen molar-refractivity contribution in [1.82, 2.24) is 14.6 Å². The number of rotatable bonds is 5. The van der Waals surface area contributed by atoms with Gasteiger partial charge in [0.2, 0.25) is 0 Å². The average molecular weight is 394 g/mol. The Kier molecular flexibility index (Phi) is 4.48. The summed E-state index contributed by atoms with van der Waals surface area (Å²) in [5, 5.41) is 5.19. The van der Waals surface area contributed by atoms with Gasteiger partial charge in [0, 0.05) is 6.20 Å². The molecule has 0 saturated heterocycles. The van der Waals surface area contributed by atoms with E-state index in [4.69, 9.17) is 20.2 Å². The highest BCUT2D eigenvalue weighted by Gasteiger charge is 2.26. The lowest BCUT2D eigenvalue weighted by Gasteiger charge is -2.11. The van der Waals surface area contributed by atoms with Crippen LogP contribution in [0.3, 0.4) is 0 Å². The van der Waals surface area contributed by atoms with Gasteiger partial charge in [0.15, 0.2) is 0 Å². The van der Waals surface area contributed by atoms with Crippen LogP contribution in [-0.2, 0) is 0 Å². The number of carbonyl (C=O) groups is 1. The zero-order valence-electron chi connectivity index (χ0n) is 15.6. The number of aryl methyl sites for hydroxylation is 1. The molecule has 0 aliphatic heterocycles. The molecule has 1 amide bonds. The first kappa shape index (κ1) is 18.0. The van der Waals surface area contributed by atoms with Crippen molar-refractivity contribution < 1.29 is 14.3 Å². The highest BCUT2D eigenvalue weighted by molar-refractivity contribution is 7.17. The molecule has 0 bridgehead atoms. The molecule has 8 heteroatoms. The minimum Gasteiger partial charge on any atom is -0.496 e. The molecule has 3 aromatic heterocycles. The summed E-state index contributed by atoms with van der Waals surface area (Å²) in [4.78, 5) is 17.3. The maximum atomic E-state index is 12.2. The van der Waals surface area contributed by atoms with Crippen LogP contribution in [0.1, 0.15) is 15.4 Å². The molecule has 0 saturated carbocycles. The van der Waals surface area contributed by atoms with E-state index in [-0.39, 0.29) is 0 Å². The first-order valence-corrected chi connectivity index (χ1v) is 9.33. The number of methoxy groups -OCH3 is 2. The van der Waals surface area contributed by atoms with Crippen LogP contribution >= 0.6 is 11.3 Å². The van der Waals surface area contributed by atoms with Crippen molar-refractivity contribution in [2.45, 2.75) is 6.92 Å². The molecule has 0 aliphatic rings. The Morgan fingerprint density at radius 1 is 1.07 bits per heavy atom. The number of fused-ring (bicyclic) bond motifs is 1. The van der Waals surface area contributed by atoms with Crippen LogP contribution in [0.15, 0.2) is 42.6 Å². The van der Waals surface area contributed by atoms with Crippen molar-refractivity contribution in [3.8, 4) is 33.3 Å². The Balaban J connectivity index is 2.01. The molecule has 0 fully saturated rings. The third-order valence-electron chi connectivity index (χ3n) is 4.44. The Morgan fingerprint density at radius 3 is 2.43 bits per heavy atom. The van der Waals surface area contributed by atoms with Crippen LogP contribution in [0.2, 0.25) is 0 Å². The number of nitrogens with zero attached hydrogens (tertiary/aromatic N) is 3. The lowest BCUT2D eigenvalue weighted by molar-refractivity contribution is 0.100. The van der Waals surface area contributed by atoms with E-state index >= 15 is 0 Å². The lowest BCUT2D eigenvalue weighted by Crippen LogP contribution is -2.10. The summed E-state index contributed by atoms with van der Waals surface area (Å²) in [5.74, 6) is 0.548. The summed E-state index contributed by atoms with van der Waals surface area (Å²) in [6.07, 6.45) is 1.87. The minimum absolute atomic E-state index is 0.340. The molecule has 2 N–H and O–H groups in total. The molecule has 0 atom stereocenters. The third-order valence-corrected chi connectivity index (χ3v) is 5.53. The van der Waals surface area contributed by atoms with Crippen LogP contribution in [0, 0.1) is 6.92 Å². The van der Waals surface area contributed by atoms with Crippen LogP contribution in [0.25, 0.3) is 27.3 Å². The SMILES string of the molecule is COc1cccc(OC)c1-c1nc(-c2c(C)nn3ccccc23)sc1C(N)=O. The highest BCUT2D eigenvalue weighted by Crippen LogP contribution is 2.43. The van der Waals surface area contributed by atoms with Crippen LogP contribution in [0.4, 0.5) is 0 Å². The molecule has 0 aliphatic carbocycles. The molecular formula is C20H18N4O3S. The molecule has 4 aromatic rings. The Bertz CT molecular complexity index is 1170. The fourth-order valence-electron chi connectivity index (χ4n) is 3.23. The fourth-order valence-corrected chi connectivity index (χ4v) is 4.26. The Morgan fingerprint density at radius 2 is 1.79 bits per heavy atom. The van der Waals surface area contributed by atoms with E-state index in [2.05, 4.69) is 5.10 Å². The summed E-state index contributed by atoms with van der Waals surface area (Å²) >= 11 is 1.24. The molecule has 0 unspecified atom stereocenters. The normalized spacial score (nSPS) is 11.0. The second-order valence-electron chi connectivity index (χ2n) is 6.09. The molecule has 4 rings (SSSR count). The number of pyridine rings is 1. The van der Waals surface area contributed by atoms with Gasteiger partial charge in [-0.25, -0.2) is 9.50 Å². The van der Waals surface area contributed by atoms with Crippen LogP contribution < -0.4 is 15.2 Å². The molecular weight excluding hydrogens is 376 g/mol. The van der Waals surface area contributed by atoms with Gasteiger partial charge >= 0.3 is 0 Å². The number of carbonyl (C=O) groups excluding carboxylic acids is 1. The maximum Gasteiger partial charge on any atom is 0.261 e. The van der Waals surface area contributed by atoms with Gasteiger partial charge in [-0.1, -0.05) is 12.1 Å². The predicted octanol–water partition coefficient (Wildman–Crippen LogP) is 3.55. The first-order chi connectivity index (χ1) is 13.5. The van der Waals surface area contributed by atoms with Crippen molar-refractivity contribution in [3.05, 3.63) is 53.2 Å². The van der Waals surface area contributed by atoms with Crippen molar-refractivity contribution >= 4 is 22.8 Å². The van der Waals surface area contributed by atoms with Crippen molar-refractivity contribution in [2.75, 3.05) is 14.2 Å². The Labute approximate surface area is 165 Å². The minimum atomic E-state index is -0.555. The number of amides is 1. The first-order valence-electron chi connectivity index (χ1n) is 8.51. The van der Waals surface area contributed by atoms with Gasteiger partial charge in [-0.2, -0.15) is 5.10 Å². The van der Waals surface area contributed by atoms with Gasteiger partial charge in [-0.3, -0.25) is 4.79 Å². The third kappa shape index (κ3) is 2.78. The fraction of sp³-hybridized carbons (Fsp3) is 0.150. The summed E-state index contributed by atoms with van der Waals surface area (Å²) in [6, 6.07) is 11.2. The topological polar surface area (TPSA) is 91.7 Å². The number of primary amides is 1. The molecule has 28 heavy (non-hydrogen) atoms. The second-order valence-corrected chi connectivity index (χ2v) is 7.09. The van der Waals surface area contributed by atoms with E-state index in [1.165, 1.54) is 11.3 Å². The lowest BCUT2D eigenvalue weighted by atomic mass is 10.1. The standard InChI is InChI=1S/C20H18N4O3S/c1-11-15(12-7-4-5-10-24(12)23-11)20-22-17(18(28-20)19(21)25)16-13(26-2)8-6-9-14(16)27-3/h4-10H,1-3H3,(H2,21,25). The zero-order chi connectivity index (χ0) is 19.8. The highest BCUT2D eigenvalue weighted by atomic mass is 32.1. The molecule has 1 aromatic carbocycles. The number of aromatic nitrogens is 3. The van der Waals surface area contributed by atoms with Gasteiger partial charge < -0.3 is 15.2 Å².